The third-order valence-electron chi connectivity index (χ3n) is 4.62. The number of halogens is 1. The molecule has 0 fully saturated rings. The van der Waals surface area contributed by atoms with Crippen LogP contribution in [0.4, 0.5) is 10.1 Å². The summed E-state index contributed by atoms with van der Waals surface area (Å²) in [5.74, 6) is 0.451. The topological polar surface area (TPSA) is 108 Å². The summed E-state index contributed by atoms with van der Waals surface area (Å²) in [7, 11) is -2.68. The molecule has 0 aliphatic carbocycles. The van der Waals surface area contributed by atoms with Crippen LogP contribution >= 0.6 is 0 Å². The number of anilines is 1. The summed E-state index contributed by atoms with van der Waals surface area (Å²) in [4.78, 5) is -0.223. The lowest BCUT2D eigenvalue weighted by atomic mass is 10.3. The molecular formula is C22H20FN5O4S. The maximum absolute atomic E-state index is 13.9. The lowest BCUT2D eigenvalue weighted by Gasteiger charge is -2.10. The highest BCUT2D eigenvalue weighted by atomic mass is 32.2. The van der Waals surface area contributed by atoms with E-state index in [1.807, 2.05) is 19.9 Å². The molecule has 0 atom stereocenters. The molecule has 9 nitrogen and oxygen atoms in total. The van der Waals surface area contributed by atoms with E-state index in [9.17, 15) is 12.8 Å². The molecule has 0 aliphatic rings. The molecule has 0 spiro atoms. The number of nitrogens with one attached hydrogen (secondary N) is 1. The normalized spacial score (nSPS) is 11.3. The van der Waals surface area contributed by atoms with E-state index in [-0.39, 0.29) is 22.2 Å². The van der Waals surface area contributed by atoms with Crippen LogP contribution < -0.4 is 14.2 Å². The number of nitrogens with zero attached hydrogens (tertiary/aromatic N) is 4. The molecule has 2 heterocycles. The molecular weight excluding hydrogens is 449 g/mol. The third-order valence-corrected chi connectivity index (χ3v) is 5.99. The van der Waals surface area contributed by atoms with Crippen molar-refractivity contribution in [3.05, 3.63) is 77.9 Å². The predicted molar refractivity (Wildman–Crippen MR) is 119 cm³/mol. The molecule has 11 heteroatoms. The summed E-state index contributed by atoms with van der Waals surface area (Å²) in [6.07, 6.45) is 0. The van der Waals surface area contributed by atoms with Gasteiger partial charge in [0, 0.05) is 17.4 Å². The van der Waals surface area contributed by atoms with Gasteiger partial charge in [0.1, 0.15) is 5.75 Å². The van der Waals surface area contributed by atoms with Gasteiger partial charge >= 0.3 is 0 Å². The number of aryl methyl sites for hydroxylation is 2. The Kier molecular flexibility index (Phi) is 5.97. The molecule has 170 valence electrons. The van der Waals surface area contributed by atoms with Crippen molar-refractivity contribution in [2.75, 3.05) is 11.8 Å². The Hall–Kier alpha value is -3.99. The van der Waals surface area contributed by atoms with Crippen molar-refractivity contribution in [2.24, 2.45) is 0 Å². The van der Waals surface area contributed by atoms with Gasteiger partial charge in [-0.1, -0.05) is 0 Å². The summed E-state index contributed by atoms with van der Waals surface area (Å²) in [5.41, 5.74) is 2.10. The van der Waals surface area contributed by atoms with Crippen molar-refractivity contribution in [2.45, 2.75) is 18.7 Å². The van der Waals surface area contributed by atoms with Crippen molar-refractivity contribution >= 4 is 15.7 Å². The third kappa shape index (κ3) is 4.93. The van der Waals surface area contributed by atoms with E-state index in [1.165, 1.54) is 31.4 Å². The number of rotatable bonds is 7. The second-order valence-corrected chi connectivity index (χ2v) is 8.78. The van der Waals surface area contributed by atoms with E-state index in [2.05, 4.69) is 20.0 Å². The van der Waals surface area contributed by atoms with Crippen LogP contribution in [0.15, 0.2) is 65.6 Å². The van der Waals surface area contributed by atoms with Crippen molar-refractivity contribution in [3.8, 4) is 23.2 Å². The minimum absolute atomic E-state index is 0.0403. The molecule has 0 saturated heterocycles. The van der Waals surface area contributed by atoms with Crippen LogP contribution in [0.25, 0.3) is 5.82 Å². The van der Waals surface area contributed by atoms with Gasteiger partial charge in [-0.3, -0.25) is 4.72 Å². The molecule has 0 amide bonds. The van der Waals surface area contributed by atoms with E-state index in [4.69, 9.17) is 9.47 Å². The van der Waals surface area contributed by atoms with Crippen LogP contribution in [0.5, 0.6) is 17.4 Å². The standard InChI is InChI=1S/C22H20FN5O4S/c1-14-12-15(2)28(26-14)21-10-11-22(25-24-21)32-17-6-4-16(5-7-17)27-33(29,30)18-8-9-20(31-3)19(23)13-18/h4-13,27H,1-3H3. The fraction of sp³-hybridized carbons (Fsp3) is 0.136. The van der Waals surface area contributed by atoms with Crippen LogP contribution in [0.1, 0.15) is 11.4 Å². The number of hydrogen-bond acceptors (Lipinski definition) is 7. The van der Waals surface area contributed by atoms with Gasteiger partial charge in [-0.05, 0) is 68.4 Å². The summed E-state index contributed by atoms with van der Waals surface area (Å²) >= 11 is 0. The average molecular weight is 469 g/mol. The van der Waals surface area contributed by atoms with Crippen molar-refractivity contribution < 1.29 is 22.3 Å². The molecule has 1 N–H and O–H groups in total. The Balaban J connectivity index is 1.44. The van der Waals surface area contributed by atoms with Gasteiger partial charge in [0.2, 0.25) is 5.88 Å². The lowest BCUT2D eigenvalue weighted by Crippen LogP contribution is -2.13. The van der Waals surface area contributed by atoms with Crippen LogP contribution in [-0.4, -0.2) is 35.5 Å². The first kappa shape index (κ1) is 22.2. The average Bonchev–Trinajstić information content (AvgIpc) is 3.13. The Morgan fingerprint density at radius 2 is 1.73 bits per heavy atom. The quantitative estimate of drug-likeness (QED) is 0.435. The van der Waals surface area contributed by atoms with Gasteiger partial charge in [0.25, 0.3) is 10.0 Å². The number of sulfonamides is 1. The fourth-order valence-electron chi connectivity index (χ4n) is 3.08. The fourth-order valence-corrected chi connectivity index (χ4v) is 4.15. The predicted octanol–water partition coefficient (Wildman–Crippen LogP) is 4.02. The number of methoxy groups -OCH3 is 1. The van der Waals surface area contributed by atoms with Crippen molar-refractivity contribution in [1.29, 1.82) is 0 Å². The first-order valence-electron chi connectivity index (χ1n) is 9.77. The summed E-state index contributed by atoms with van der Waals surface area (Å²) in [6.45, 7) is 3.82. The molecule has 0 aliphatic heterocycles. The van der Waals surface area contributed by atoms with Gasteiger partial charge in [-0.25, -0.2) is 17.5 Å². The molecule has 2 aromatic carbocycles. The van der Waals surface area contributed by atoms with Gasteiger partial charge in [0.15, 0.2) is 17.4 Å². The molecule has 2 aromatic heterocycles. The summed E-state index contributed by atoms with van der Waals surface area (Å²) in [6, 6.07) is 14.9. The van der Waals surface area contributed by atoms with Crippen LogP contribution in [0, 0.1) is 19.7 Å². The monoisotopic (exact) mass is 469 g/mol. The molecule has 0 unspecified atom stereocenters. The summed E-state index contributed by atoms with van der Waals surface area (Å²) < 4.78 is 53.5. The Morgan fingerprint density at radius 3 is 2.30 bits per heavy atom. The minimum atomic E-state index is -3.98. The SMILES string of the molecule is COc1ccc(S(=O)(=O)Nc2ccc(Oc3ccc(-n4nc(C)cc4C)nn3)cc2)cc1F. The highest BCUT2D eigenvalue weighted by Gasteiger charge is 2.17. The highest BCUT2D eigenvalue weighted by Crippen LogP contribution is 2.25. The van der Waals surface area contributed by atoms with E-state index in [0.717, 1.165) is 17.5 Å². The number of hydrogen-bond donors (Lipinski definition) is 1. The number of aromatic nitrogens is 4. The zero-order chi connectivity index (χ0) is 23.6. The van der Waals surface area contributed by atoms with Gasteiger partial charge in [-0.15, -0.1) is 10.2 Å². The Labute approximate surface area is 189 Å². The molecule has 33 heavy (non-hydrogen) atoms. The first-order valence-corrected chi connectivity index (χ1v) is 11.2. The molecule has 0 saturated carbocycles. The van der Waals surface area contributed by atoms with Crippen molar-refractivity contribution in [1.82, 2.24) is 20.0 Å². The zero-order valence-corrected chi connectivity index (χ0v) is 18.8. The molecule has 4 aromatic rings. The maximum atomic E-state index is 13.9. The second kappa shape index (κ2) is 8.87. The molecule has 4 rings (SSSR count). The van der Waals surface area contributed by atoms with Gasteiger partial charge in [0.05, 0.1) is 17.7 Å². The van der Waals surface area contributed by atoms with E-state index < -0.39 is 15.8 Å². The number of benzene rings is 2. The lowest BCUT2D eigenvalue weighted by molar-refractivity contribution is 0.385. The minimum Gasteiger partial charge on any atom is -0.494 e. The smallest absolute Gasteiger partial charge is 0.262 e. The van der Waals surface area contributed by atoms with Crippen LogP contribution in [0.3, 0.4) is 0 Å². The van der Waals surface area contributed by atoms with E-state index in [0.29, 0.717) is 11.6 Å². The van der Waals surface area contributed by atoms with Gasteiger partial charge < -0.3 is 9.47 Å². The molecule has 0 radical (unpaired) electrons. The zero-order valence-electron chi connectivity index (χ0n) is 18.0. The van der Waals surface area contributed by atoms with Crippen LogP contribution in [-0.2, 0) is 10.0 Å². The highest BCUT2D eigenvalue weighted by molar-refractivity contribution is 7.92. The van der Waals surface area contributed by atoms with Gasteiger partial charge in [-0.2, -0.15) is 5.10 Å². The Morgan fingerprint density at radius 1 is 0.970 bits per heavy atom. The van der Waals surface area contributed by atoms with Crippen LogP contribution in [0.2, 0.25) is 0 Å². The van der Waals surface area contributed by atoms with E-state index in [1.54, 1.807) is 28.9 Å². The first-order chi connectivity index (χ1) is 15.7. The van der Waals surface area contributed by atoms with Crippen molar-refractivity contribution in [3.63, 3.8) is 0 Å². The molecule has 0 bridgehead atoms. The maximum Gasteiger partial charge on any atom is 0.262 e. The number of ether oxygens (including phenoxy) is 2. The van der Waals surface area contributed by atoms with E-state index >= 15 is 0 Å². The largest absolute Gasteiger partial charge is 0.494 e. The Bertz CT molecular complexity index is 1390. The summed E-state index contributed by atoms with van der Waals surface area (Å²) in [5, 5.41) is 12.5. The second-order valence-electron chi connectivity index (χ2n) is 7.10.